The molecule has 1 aromatic rings. The summed E-state index contributed by atoms with van der Waals surface area (Å²) >= 11 is 0. The Morgan fingerprint density at radius 1 is 0.812 bits per heavy atom. The molecule has 86 valence electrons. The maximum Gasteiger partial charge on any atom is 0.254 e. The Hall–Kier alpha value is -2.25. The van der Waals surface area contributed by atoms with E-state index in [0.29, 0.717) is 0 Å². The molecule has 0 fully saturated rings. The van der Waals surface area contributed by atoms with E-state index in [1.807, 2.05) is 0 Å². The molecule has 8 heteroatoms. The number of amides is 2. The van der Waals surface area contributed by atoms with Crippen LogP contribution >= 0.6 is 0 Å². The van der Waals surface area contributed by atoms with Gasteiger partial charge < -0.3 is 17.2 Å². The van der Waals surface area contributed by atoms with Crippen LogP contribution in [0.4, 0.5) is 18.9 Å². The van der Waals surface area contributed by atoms with E-state index in [0.717, 1.165) is 0 Å². The van der Waals surface area contributed by atoms with Crippen molar-refractivity contribution >= 4 is 17.5 Å². The van der Waals surface area contributed by atoms with Crippen molar-refractivity contribution in [3.63, 3.8) is 0 Å². The predicted octanol–water partition coefficient (Wildman–Crippen LogP) is -0.116. The molecule has 0 saturated carbocycles. The van der Waals surface area contributed by atoms with Gasteiger partial charge in [-0.1, -0.05) is 0 Å². The van der Waals surface area contributed by atoms with Gasteiger partial charge in [-0.3, -0.25) is 9.59 Å². The van der Waals surface area contributed by atoms with Crippen LogP contribution in [0, 0.1) is 17.5 Å². The van der Waals surface area contributed by atoms with Crippen LogP contribution in [-0.2, 0) is 0 Å². The van der Waals surface area contributed by atoms with E-state index in [-0.39, 0.29) is 0 Å². The van der Waals surface area contributed by atoms with Crippen LogP contribution in [0.1, 0.15) is 20.7 Å². The smallest absolute Gasteiger partial charge is 0.254 e. The van der Waals surface area contributed by atoms with E-state index < -0.39 is 46.1 Å². The number of benzene rings is 1. The number of carbonyl (C=O) groups is 2. The van der Waals surface area contributed by atoms with Gasteiger partial charge >= 0.3 is 0 Å². The van der Waals surface area contributed by atoms with E-state index in [1.165, 1.54) is 0 Å². The van der Waals surface area contributed by atoms with Gasteiger partial charge in [0, 0.05) is 0 Å². The fraction of sp³-hybridized carbons (Fsp3) is 0. The number of hydrogen-bond acceptors (Lipinski definition) is 3. The molecule has 16 heavy (non-hydrogen) atoms. The van der Waals surface area contributed by atoms with Crippen LogP contribution in [0.15, 0.2) is 0 Å². The maximum absolute atomic E-state index is 13.4. The van der Waals surface area contributed by atoms with Crippen molar-refractivity contribution in [3.05, 3.63) is 28.6 Å². The Kier molecular flexibility index (Phi) is 2.75. The number of nitrogen functional groups attached to an aromatic ring is 1. The molecule has 0 atom stereocenters. The first-order valence-electron chi connectivity index (χ1n) is 3.84. The fourth-order valence-corrected chi connectivity index (χ4v) is 1.13. The van der Waals surface area contributed by atoms with Gasteiger partial charge in [0.2, 0.25) is 0 Å². The summed E-state index contributed by atoms with van der Waals surface area (Å²) in [5.41, 5.74) is 10.7. The molecular formula is C8H6F3N3O2. The number of carbonyl (C=O) groups excluding carboxylic acids is 2. The van der Waals surface area contributed by atoms with Gasteiger partial charge in [-0.2, -0.15) is 0 Å². The number of primary amides is 2. The summed E-state index contributed by atoms with van der Waals surface area (Å²) in [5.74, 6) is -8.28. The van der Waals surface area contributed by atoms with Crippen molar-refractivity contribution < 1.29 is 22.8 Å². The minimum atomic E-state index is -1.85. The number of anilines is 1. The summed E-state index contributed by atoms with van der Waals surface area (Å²) < 4.78 is 39.5. The summed E-state index contributed by atoms with van der Waals surface area (Å²) in [4.78, 5) is 21.4. The van der Waals surface area contributed by atoms with Crippen molar-refractivity contribution in [1.29, 1.82) is 0 Å². The van der Waals surface area contributed by atoms with Crippen molar-refractivity contribution in [1.82, 2.24) is 0 Å². The zero-order valence-corrected chi connectivity index (χ0v) is 7.68. The van der Waals surface area contributed by atoms with Crippen molar-refractivity contribution in [2.75, 3.05) is 5.73 Å². The highest BCUT2D eigenvalue weighted by Gasteiger charge is 2.28. The molecule has 0 saturated heterocycles. The lowest BCUT2D eigenvalue weighted by molar-refractivity contribution is 0.0989. The molecule has 0 aromatic heterocycles. The topological polar surface area (TPSA) is 112 Å². The molecule has 0 unspecified atom stereocenters. The third-order valence-electron chi connectivity index (χ3n) is 1.85. The zero-order chi connectivity index (χ0) is 12.6. The first-order chi connectivity index (χ1) is 7.29. The van der Waals surface area contributed by atoms with Gasteiger partial charge in [-0.05, 0) is 0 Å². The normalized spacial score (nSPS) is 10.2. The molecule has 0 spiro atoms. The van der Waals surface area contributed by atoms with E-state index >= 15 is 0 Å². The van der Waals surface area contributed by atoms with Gasteiger partial charge in [0.15, 0.2) is 17.5 Å². The molecule has 0 bridgehead atoms. The molecule has 1 rings (SSSR count). The molecule has 0 radical (unpaired) electrons. The zero-order valence-electron chi connectivity index (χ0n) is 7.68. The average Bonchev–Trinajstić information content (AvgIpc) is 2.13. The lowest BCUT2D eigenvalue weighted by Gasteiger charge is -2.09. The molecule has 5 nitrogen and oxygen atoms in total. The van der Waals surface area contributed by atoms with E-state index in [1.54, 1.807) is 0 Å². The quantitative estimate of drug-likeness (QED) is 0.489. The standard InChI is InChI=1S/C8H6F3N3O2/c9-3-1(7(13)15)4(10)5(11)6(12)2(3)8(14)16/h12H2,(H2,13,15)(H2,14,16). The van der Waals surface area contributed by atoms with Crippen LogP contribution in [0.2, 0.25) is 0 Å². The second-order valence-corrected chi connectivity index (χ2v) is 2.83. The molecule has 1 aromatic carbocycles. The highest BCUT2D eigenvalue weighted by molar-refractivity contribution is 6.02. The Bertz CT molecular complexity index is 461. The minimum Gasteiger partial charge on any atom is -0.396 e. The monoisotopic (exact) mass is 233 g/mol. The predicted molar refractivity (Wildman–Crippen MR) is 47.8 cm³/mol. The summed E-state index contributed by atoms with van der Waals surface area (Å²) in [5, 5.41) is 0. The Morgan fingerprint density at radius 2 is 1.25 bits per heavy atom. The summed E-state index contributed by atoms with van der Waals surface area (Å²) in [6.45, 7) is 0. The van der Waals surface area contributed by atoms with Gasteiger partial charge in [0.05, 0.1) is 5.69 Å². The highest BCUT2D eigenvalue weighted by Crippen LogP contribution is 2.26. The van der Waals surface area contributed by atoms with E-state index in [2.05, 4.69) is 5.73 Å². The molecule has 0 heterocycles. The second-order valence-electron chi connectivity index (χ2n) is 2.83. The molecule has 2 amide bonds. The molecule has 0 aliphatic carbocycles. The summed E-state index contributed by atoms with van der Waals surface area (Å²) in [7, 11) is 0. The second kappa shape index (κ2) is 3.72. The molecule has 0 aliphatic heterocycles. The number of rotatable bonds is 2. The molecular weight excluding hydrogens is 227 g/mol. The third kappa shape index (κ3) is 1.53. The SMILES string of the molecule is NC(=O)c1c(N)c(F)c(F)c(C(N)=O)c1F. The van der Waals surface area contributed by atoms with Crippen LogP contribution in [0.25, 0.3) is 0 Å². The maximum atomic E-state index is 13.4. The van der Waals surface area contributed by atoms with Gasteiger partial charge in [-0.15, -0.1) is 0 Å². The Labute approximate surface area is 87.0 Å². The average molecular weight is 233 g/mol. The Morgan fingerprint density at radius 3 is 1.62 bits per heavy atom. The van der Waals surface area contributed by atoms with E-state index in [9.17, 15) is 22.8 Å². The lowest BCUT2D eigenvalue weighted by Crippen LogP contribution is -2.24. The first-order valence-corrected chi connectivity index (χ1v) is 3.84. The van der Waals surface area contributed by atoms with Crippen LogP contribution < -0.4 is 17.2 Å². The summed E-state index contributed by atoms with van der Waals surface area (Å²) in [6.07, 6.45) is 0. The van der Waals surface area contributed by atoms with Crippen molar-refractivity contribution in [2.45, 2.75) is 0 Å². The number of nitrogens with two attached hydrogens (primary N) is 3. The van der Waals surface area contributed by atoms with Gasteiger partial charge in [0.25, 0.3) is 11.8 Å². The van der Waals surface area contributed by atoms with Crippen LogP contribution in [0.5, 0.6) is 0 Å². The van der Waals surface area contributed by atoms with Crippen molar-refractivity contribution in [2.24, 2.45) is 11.5 Å². The molecule has 6 N–H and O–H groups in total. The Balaban J connectivity index is 3.80. The van der Waals surface area contributed by atoms with E-state index in [4.69, 9.17) is 11.5 Å². The highest BCUT2D eigenvalue weighted by atomic mass is 19.2. The lowest BCUT2D eigenvalue weighted by atomic mass is 10.0. The van der Waals surface area contributed by atoms with Crippen molar-refractivity contribution in [3.8, 4) is 0 Å². The first kappa shape index (κ1) is 11.8. The summed E-state index contributed by atoms with van der Waals surface area (Å²) in [6, 6.07) is 0. The number of hydrogen-bond donors (Lipinski definition) is 3. The molecule has 0 aliphatic rings. The fourth-order valence-electron chi connectivity index (χ4n) is 1.13. The minimum absolute atomic E-state index is 1.10. The largest absolute Gasteiger partial charge is 0.396 e. The third-order valence-corrected chi connectivity index (χ3v) is 1.85. The number of halogens is 3. The van der Waals surface area contributed by atoms with Gasteiger partial charge in [-0.25, -0.2) is 13.2 Å². The van der Waals surface area contributed by atoms with Crippen LogP contribution in [-0.4, -0.2) is 11.8 Å². The van der Waals surface area contributed by atoms with Crippen LogP contribution in [0.3, 0.4) is 0 Å². The van der Waals surface area contributed by atoms with Gasteiger partial charge in [0.1, 0.15) is 11.1 Å².